The third kappa shape index (κ3) is 3.07. The Morgan fingerprint density at radius 1 is 1.38 bits per heavy atom. The number of likely N-dealkylation sites (tertiary alicyclic amines) is 1. The molecule has 0 spiro atoms. The molecule has 0 atom stereocenters. The minimum atomic E-state index is -0.00247. The monoisotopic (exact) mass is 285 g/mol. The first kappa shape index (κ1) is 13.7. The summed E-state index contributed by atoms with van der Waals surface area (Å²) in [5.74, 6) is 0.464. The highest BCUT2D eigenvalue weighted by atomic mass is 16.3. The number of aromatic nitrogens is 1. The maximum atomic E-state index is 12.3. The summed E-state index contributed by atoms with van der Waals surface area (Å²) in [7, 11) is 0. The number of carbonyl (C=O) groups is 1. The number of hydrogen-bond acceptors (Lipinski definition) is 4. The highest BCUT2D eigenvalue weighted by Gasteiger charge is 2.26. The Kier molecular flexibility index (Phi) is 3.90. The lowest BCUT2D eigenvalue weighted by Gasteiger charge is -2.32. The molecule has 0 aromatic carbocycles. The molecule has 5 heteroatoms. The average molecular weight is 285 g/mol. The van der Waals surface area contributed by atoms with E-state index in [0.717, 1.165) is 37.2 Å². The van der Waals surface area contributed by atoms with E-state index >= 15 is 0 Å². The molecule has 1 saturated heterocycles. The zero-order valence-corrected chi connectivity index (χ0v) is 12.1. The van der Waals surface area contributed by atoms with Crippen LogP contribution in [0.25, 0.3) is 0 Å². The number of carbonyl (C=O) groups excluding carboxylic acids is 1. The number of nitrogens with zero attached hydrogens (tertiary/aromatic N) is 2. The van der Waals surface area contributed by atoms with Crippen LogP contribution in [0.2, 0.25) is 0 Å². The maximum Gasteiger partial charge on any atom is 0.289 e. The van der Waals surface area contributed by atoms with Gasteiger partial charge < -0.3 is 14.6 Å². The summed E-state index contributed by atoms with van der Waals surface area (Å²) in [6.45, 7) is 3.39. The fraction of sp³-hybridized carbons (Fsp3) is 0.375. The van der Waals surface area contributed by atoms with Gasteiger partial charge in [-0.3, -0.25) is 9.78 Å². The number of nitrogens with one attached hydrogen (secondary N) is 1. The molecule has 2 aromatic heterocycles. The highest BCUT2D eigenvalue weighted by Crippen LogP contribution is 2.19. The van der Waals surface area contributed by atoms with Crippen molar-refractivity contribution in [2.24, 2.45) is 0 Å². The van der Waals surface area contributed by atoms with Gasteiger partial charge in [-0.25, -0.2) is 0 Å². The lowest BCUT2D eigenvalue weighted by Crippen LogP contribution is -2.42. The molecule has 1 fully saturated rings. The van der Waals surface area contributed by atoms with Crippen LogP contribution in [-0.2, 0) is 0 Å². The minimum absolute atomic E-state index is 0.00247. The van der Waals surface area contributed by atoms with Gasteiger partial charge in [0.2, 0.25) is 0 Å². The molecule has 1 aliphatic heterocycles. The smallest absolute Gasteiger partial charge is 0.289 e. The van der Waals surface area contributed by atoms with E-state index in [1.165, 1.54) is 0 Å². The second-order valence-corrected chi connectivity index (χ2v) is 5.39. The van der Waals surface area contributed by atoms with Gasteiger partial charge in [-0.05, 0) is 38.0 Å². The quantitative estimate of drug-likeness (QED) is 0.942. The molecule has 0 bridgehead atoms. The Balaban J connectivity index is 1.56. The highest BCUT2D eigenvalue weighted by molar-refractivity contribution is 5.92. The number of pyridine rings is 1. The van der Waals surface area contributed by atoms with Crippen molar-refractivity contribution in [3.63, 3.8) is 0 Å². The van der Waals surface area contributed by atoms with Gasteiger partial charge >= 0.3 is 0 Å². The number of piperidine rings is 1. The van der Waals surface area contributed by atoms with Gasteiger partial charge in [-0.1, -0.05) is 0 Å². The van der Waals surface area contributed by atoms with E-state index in [2.05, 4.69) is 10.3 Å². The first-order valence-corrected chi connectivity index (χ1v) is 7.24. The molecule has 0 radical (unpaired) electrons. The Morgan fingerprint density at radius 3 is 2.81 bits per heavy atom. The molecular formula is C16H19N3O2. The van der Waals surface area contributed by atoms with Crippen LogP contribution in [-0.4, -0.2) is 34.9 Å². The van der Waals surface area contributed by atoms with E-state index in [1.54, 1.807) is 12.5 Å². The molecule has 110 valence electrons. The van der Waals surface area contributed by atoms with Crippen LogP contribution < -0.4 is 5.32 Å². The average Bonchev–Trinajstić information content (AvgIpc) is 2.94. The molecule has 3 heterocycles. The predicted molar refractivity (Wildman–Crippen MR) is 80.2 cm³/mol. The van der Waals surface area contributed by atoms with Gasteiger partial charge in [0.05, 0.1) is 12.0 Å². The van der Waals surface area contributed by atoms with Crippen LogP contribution in [0, 0.1) is 6.92 Å². The second kappa shape index (κ2) is 5.99. The van der Waals surface area contributed by atoms with Crippen LogP contribution in [0.3, 0.4) is 0 Å². The lowest BCUT2D eigenvalue weighted by atomic mass is 10.0. The number of rotatable bonds is 3. The van der Waals surface area contributed by atoms with Crippen LogP contribution >= 0.6 is 0 Å². The standard InChI is InChI=1S/C16H19N3O2/c1-12-6-10-21-15(12)16(20)19-8-4-13(5-9-19)18-14-3-2-7-17-11-14/h2-3,6-7,10-11,13,18H,4-5,8-9H2,1H3. The van der Waals surface area contributed by atoms with Gasteiger partial charge in [0.15, 0.2) is 5.76 Å². The van der Waals surface area contributed by atoms with Gasteiger partial charge in [-0.2, -0.15) is 0 Å². The van der Waals surface area contributed by atoms with Crippen molar-refractivity contribution in [3.05, 3.63) is 48.2 Å². The molecule has 1 N–H and O–H groups in total. The van der Waals surface area contributed by atoms with Gasteiger partial charge in [0, 0.05) is 37.1 Å². The fourth-order valence-electron chi connectivity index (χ4n) is 2.65. The largest absolute Gasteiger partial charge is 0.459 e. The molecule has 21 heavy (non-hydrogen) atoms. The van der Waals surface area contributed by atoms with Crippen molar-refractivity contribution in [1.29, 1.82) is 0 Å². The molecule has 0 aliphatic carbocycles. The maximum absolute atomic E-state index is 12.3. The summed E-state index contributed by atoms with van der Waals surface area (Å²) in [4.78, 5) is 18.3. The summed E-state index contributed by atoms with van der Waals surface area (Å²) in [5, 5.41) is 3.46. The molecule has 0 saturated carbocycles. The summed E-state index contributed by atoms with van der Waals surface area (Å²) < 4.78 is 5.29. The lowest BCUT2D eigenvalue weighted by molar-refractivity contribution is 0.0685. The Bertz CT molecular complexity index is 601. The van der Waals surface area contributed by atoms with Crippen LogP contribution in [0.5, 0.6) is 0 Å². The van der Waals surface area contributed by atoms with E-state index < -0.39 is 0 Å². The summed E-state index contributed by atoms with van der Waals surface area (Å²) in [6, 6.07) is 6.14. The first-order valence-electron chi connectivity index (χ1n) is 7.24. The minimum Gasteiger partial charge on any atom is -0.459 e. The van der Waals surface area contributed by atoms with Crippen molar-refractivity contribution in [2.75, 3.05) is 18.4 Å². The summed E-state index contributed by atoms with van der Waals surface area (Å²) >= 11 is 0. The molecular weight excluding hydrogens is 266 g/mol. The molecule has 1 amide bonds. The van der Waals surface area contributed by atoms with Gasteiger partial charge in [-0.15, -0.1) is 0 Å². The summed E-state index contributed by atoms with van der Waals surface area (Å²) in [6.07, 6.45) is 7.02. The normalized spacial score (nSPS) is 16.0. The predicted octanol–water partition coefficient (Wildman–Crippen LogP) is 2.70. The number of hydrogen-bond donors (Lipinski definition) is 1. The zero-order valence-electron chi connectivity index (χ0n) is 12.1. The second-order valence-electron chi connectivity index (χ2n) is 5.39. The summed E-state index contributed by atoms with van der Waals surface area (Å²) in [5.41, 5.74) is 1.93. The Morgan fingerprint density at radius 2 is 2.19 bits per heavy atom. The molecule has 3 rings (SSSR count). The van der Waals surface area contributed by atoms with E-state index in [9.17, 15) is 4.79 Å². The van der Waals surface area contributed by atoms with Crippen molar-refractivity contribution < 1.29 is 9.21 Å². The van der Waals surface area contributed by atoms with Gasteiger partial charge in [0.25, 0.3) is 5.91 Å². The van der Waals surface area contributed by atoms with Crippen LogP contribution in [0.4, 0.5) is 5.69 Å². The van der Waals surface area contributed by atoms with Crippen LogP contribution in [0.1, 0.15) is 29.0 Å². The molecule has 5 nitrogen and oxygen atoms in total. The van der Waals surface area contributed by atoms with E-state index in [0.29, 0.717) is 11.8 Å². The molecule has 2 aromatic rings. The van der Waals surface area contributed by atoms with Gasteiger partial charge in [0.1, 0.15) is 0 Å². The number of furan rings is 1. The van der Waals surface area contributed by atoms with E-state index in [1.807, 2.05) is 36.2 Å². The Hall–Kier alpha value is -2.30. The molecule has 0 unspecified atom stereocenters. The first-order chi connectivity index (χ1) is 10.2. The van der Waals surface area contributed by atoms with Crippen molar-refractivity contribution >= 4 is 11.6 Å². The Labute approximate surface area is 124 Å². The number of anilines is 1. The third-order valence-electron chi connectivity index (χ3n) is 3.87. The topological polar surface area (TPSA) is 58.4 Å². The van der Waals surface area contributed by atoms with E-state index in [-0.39, 0.29) is 5.91 Å². The van der Waals surface area contributed by atoms with Crippen LogP contribution in [0.15, 0.2) is 41.3 Å². The zero-order chi connectivity index (χ0) is 14.7. The fourth-order valence-corrected chi connectivity index (χ4v) is 2.65. The van der Waals surface area contributed by atoms with Crippen molar-refractivity contribution in [3.8, 4) is 0 Å². The van der Waals surface area contributed by atoms with E-state index in [4.69, 9.17) is 4.42 Å². The third-order valence-corrected chi connectivity index (χ3v) is 3.87. The molecule has 1 aliphatic rings. The number of amides is 1. The number of aryl methyl sites for hydroxylation is 1. The van der Waals surface area contributed by atoms with Crippen molar-refractivity contribution in [1.82, 2.24) is 9.88 Å². The SMILES string of the molecule is Cc1ccoc1C(=O)N1CCC(Nc2cccnc2)CC1. The van der Waals surface area contributed by atoms with Crippen molar-refractivity contribution in [2.45, 2.75) is 25.8 Å².